The molecule has 0 saturated heterocycles. The van der Waals surface area contributed by atoms with Crippen LogP contribution in [0.3, 0.4) is 0 Å². The van der Waals surface area contributed by atoms with E-state index in [-0.39, 0.29) is 109 Å². The summed E-state index contributed by atoms with van der Waals surface area (Å²) in [4.78, 5) is 0. The number of halogens is 5. The summed E-state index contributed by atoms with van der Waals surface area (Å²) in [6.07, 6.45) is 0. The van der Waals surface area contributed by atoms with E-state index in [1.165, 1.54) is 0 Å². The fraction of sp³-hybridized carbons (Fsp3) is 0. The van der Waals surface area contributed by atoms with E-state index < -0.39 is 0 Å². The van der Waals surface area contributed by atoms with Gasteiger partial charge in [0.15, 0.2) is 0 Å². The fourth-order valence-corrected chi connectivity index (χ4v) is 0. The second kappa shape index (κ2) is 41.3. The number of hydrogen-bond donors (Lipinski definition) is 0. The minimum absolute atomic E-state index is 0. The molecule has 0 amide bonds. The summed E-state index contributed by atoms with van der Waals surface area (Å²) < 4.78 is 0. The average molecular weight is 521 g/mol. The Morgan fingerprint density at radius 2 is 0.333 bits per heavy atom. The van der Waals surface area contributed by atoms with Gasteiger partial charge in [-0.25, -0.2) is 0 Å². The first-order valence-electron chi connectivity index (χ1n) is 0. The monoisotopic (exact) mass is 515 g/mol. The summed E-state index contributed by atoms with van der Waals surface area (Å²) in [7, 11) is 0. The Labute approximate surface area is 108 Å². The zero-order valence-corrected chi connectivity index (χ0v) is 12.8. The zero-order valence-electron chi connectivity index (χ0n) is 2.34. The summed E-state index contributed by atoms with van der Waals surface area (Å²) in [5.41, 5.74) is 0. The molecule has 0 aliphatic heterocycles. The van der Waals surface area contributed by atoms with Crippen LogP contribution >= 0.6 is 0 Å². The van der Waals surface area contributed by atoms with E-state index in [4.69, 9.17) is 0 Å². The van der Waals surface area contributed by atoms with Gasteiger partial charge in [0.2, 0.25) is 0 Å². The summed E-state index contributed by atoms with van der Waals surface area (Å²) in [6, 6.07) is 0. The molecule has 0 unspecified atom stereocenters. The van der Waals surface area contributed by atoms with Crippen LogP contribution in [0.5, 0.6) is 0 Å². The van der Waals surface area contributed by atoms with Crippen LogP contribution in [-0.2, 0) is 0 Å². The van der Waals surface area contributed by atoms with Crippen molar-refractivity contribution >= 4 is 24.4 Å². The van der Waals surface area contributed by atoms with Gasteiger partial charge in [0.1, 0.15) is 0 Å². The minimum Gasteiger partial charge on any atom is -1.00 e. The van der Waals surface area contributed by atoms with Crippen molar-refractivity contribution in [3.05, 3.63) is 0 Å². The smallest absolute Gasteiger partial charge is 1.00 e. The van der Waals surface area contributed by atoms with Crippen LogP contribution in [0.4, 0.5) is 0 Å². The molecule has 0 fully saturated rings. The SMILES string of the molecule is [Br-].[Br-].[Br-].[Br-].[Br-].[Sb+5]. The molecule has 0 spiro atoms. The van der Waals surface area contributed by atoms with Crippen LogP contribution in [0, 0.1) is 0 Å². The Hall–Kier alpha value is 3.22. The first-order valence-corrected chi connectivity index (χ1v) is 0. The Bertz CT molecular complexity index is 3.90. The molecule has 0 nitrogen and oxygen atoms in total. The van der Waals surface area contributed by atoms with Gasteiger partial charge >= 0.3 is 24.4 Å². The normalized spacial score (nSPS) is 0. The molecule has 40 valence electrons. The van der Waals surface area contributed by atoms with E-state index in [0.717, 1.165) is 0 Å². The maximum atomic E-state index is 0. The second-order valence-electron chi connectivity index (χ2n) is 0. The third-order valence-electron chi connectivity index (χ3n) is 0. The third kappa shape index (κ3) is 26.9. The molecular formula is Br5Sb. The van der Waals surface area contributed by atoms with E-state index in [2.05, 4.69) is 0 Å². The van der Waals surface area contributed by atoms with Crippen molar-refractivity contribution in [2.75, 3.05) is 0 Å². The van der Waals surface area contributed by atoms with Gasteiger partial charge in [-0.05, 0) is 0 Å². The molecule has 0 radical (unpaired) electrons. The molecule has 0 rings (SSSR count). The van der Waals surface area contributed by atoms with Gasteiger partial charge in [-0.15, -0.1) is 0 Å². The van der Waals surface area contributed by atoms with E-state index >= 15 is 0 Å². The van der Waals surface area contributed by atoms with Gasteiger partial charge in [-0.2, -0.15) is 0 Å². The predicted molar refractivity (Wildman–Crippen MR) is 5.75 cm³/mol. The Morgan fingerprint density at radius 1 is 0.333 bits per heavy atom. The van der Waals surface area contributed by atoms with Crippen LogP contribution in [0.2, 0.25) is 0 Å². The molecular weight excluding hydrogens is 521 g/mol. The summed E-state index contributed by atoms with van der Waals surface area (Å²) >= 11 is 0. The van der Waals surface area contributed by atoms with Crippen LogP contribution in [0.15, 0.2) is 0 Å². The first-order chi connectivity index (χ1) is 0. The van der Waals surface area contributed by atoms with Crippen LogP contribution < -0.4 is 84.9 Å². The average Bonchev–Trinajstić information content (AvgIpc) is 0. The van der Waals surface area contributed by atoms with E-state index in [0.29, 0.717) is 0 Å². The van der Waals surface area contributed by atoms with Crippen molar-refractivity contribution in [3.8, 4) is 0 Å². The number of hydrogen-bond acceptors (Lipinski definition) is 0. The molecule has 6 heavy (non-hydrogen) atoms. The van der Waals surface area contributed by atoms with Gasteiger partial charge in [-0.1, -0.05) is 0 Å². The van der Waals surface area contributed by atoms with Crippen LogP contribution in [0.1, 0.15) is 0 Å². The summed E-state index contributed by atoms with van der Waals surface area (Å²) in [6.45, 7) is 0. The zero-order chi connectivity index (χ0) is 0. The van der Waals surface area contributed by atoms with Gasteiger partial charge in [-0.3, -0.25) is 0 Å². The Balaban J connectivity index is 0. The van der Waals surface area contributed by atoms with Crippen LogP contribution in [-0.4, -0.2) is 24.4 Å². The van der Waals surface area contributed by atoms with Gasteiger partial charge in [0.05, 0.1) is 0 Å². The molecule has 6 heteroatoms. The van der Waals surface area contributed by atoms with Crippen molar-refractivity contribution in [3.63, 3.8) is 0 Å². The van der Waals surface area contributed by atoms with Gasteiger partial charge in [0.25, 0.3) is 0 Å². The molecule has 0 saturated carbocycles. The van der Waals surface area contributed by atoms with Crippen molar-refractivity contribution in [2.24, 2.45) is 0 Å². The molecule has 0 aromatic rings. The molecule has 0 heterocycles. The van der Waals surface area contributed by atoms with E-state index in [9.17, 15) is 0 Å². The van der Waals surface area contributed by atoms with Crippen molar-refractivity contribution in [1.29, 1.82) is 0 Å². The predicted octanol–water partition coefficient (Wildman–Crippen LogP) is -15.4. The number of rotatable bonds is 0. The minimum atomic E-state index is 0. The first kappa shape index (κ1) is 60.1. The van der Waals surface area contributed by atoms with Crippen molar-refractivity contribution in [1.82, 2.24) is 0 Å². The fourth-order valence-electron chi connectivity index (χ4n) is 0. The maximum absolute atomic E-state index is 0. The molecule has 0 bridgehead atoms. The van der Waals surface area contributed by atoms with E-state index in [1.807, 2.05) is 0 Å². The van der Waals surface area contributed by atoms with Gasteiger partial charge in [0, 0.05) is 0 Å². The Kier molecular flexibility index (Phi) is 414. The van der Waals surface area contributed by atoms with Crippen molar-refractivity contribution < 1.29 is 84.9 Å². The van der Waals surface area contributed by atoms with Crippen LogP contribution in [0.25, 0.3) is 0 Å². The maximum Gasteiger partial charge on any atom is 5.00 e. The third-order valence-corrected chi connectivity index (χ3v) is 0. The van der Waals surface area contributed by atoms with Gasteiger partial charge < -0.3 is 84.9 Å². The summed E-state index contributed by atoms with van der Waals surface area (Å²) in [5.74, 6) is 0. The largest absolute Gasteiger partial charge is 5.00 e. The quantitative estimate of drug-likeness (QED) is 0.278. The molecule has 0 aliphatic carbocycles. The van der Waals surface area contributed by atoms with Crippen molar-refractivity contribution in [2.45, 2.75) is 0 Å². The second-order valence-corrected chi connectivity index (χ2v) is 0. The molecule has 0 aromatic carbocycles. The Morgan fingerprint density at radius 3 is 0.333 bits per heavy atom. The van der Waals surface area contributed by atoms with E-state index in [1.54, 1.807) is 0 Å². The molecule has 0 atom stereocenters. The topological polar surface area (TPSA) is 0 Å². The standard InChI is InChI=1S/5BrH.Sb/h5*1H;/q;;;;;+5/p-5. The molecule has 0 aliphatic rings. The molecule has 0 N–H and O–H groups in total. The molecule has 0 aromatic heterocycles. The summed E-state index contributed by atoms with van der Waals surface area (Å²) in [5, 5.41) is 0.